The van der Waals surface area contributed by atoms with E-state index in [4.69, 9.17) is 5.41 Å². The second-order valence-electron chi connectivity index (χ2n) is 2.69. The van der Waals surface area contributed by atoms with Crippen LogP contribution in [0.15, 0.2) is 38.9 Å². The lowest BCUT2D eigenvalue weighted by atomic mass is 10.5. The van der Waals surface area contributed by atoms with Crippen LogP contribution in [0.2, 0.25) is 0 Å². The maximum Gasteiger partial charge on any atom is 0.253 e. The van der Waals surface area contributed by atoms with Crippen molar-refractivity contribution in [3.63, 3.8) is 0 Å². The Balaban J connectivity index is 0.000000151. The van der Waals surface area contributed by atoms with Gasteiger partial charge in [-0.1, -0.05) is 17.2 Å². The summed E-state index contributed by atoms with van der Waals surface area (Å²) in [5, 5.41) is 20.5. The molecule has 1 aromatic heterocycles. The Labute approximate surface area is 86.8 Å². The van der Waals surface area contributed by atoms with E-state index in [9.17, 15) is 0 Å². The molecule has 1 aromatic rings. The molecule has 0 unspecified atom stereocenters. The van der Waals surface area contributed by atoms with Gasteiger partial charge in [-0.15, -0.1) is 0 Å². The van der Waals surface area contributed by atoms with E-state index in [2.05, 4.69) is 37.1 Å². The number of H-pyrrole nitrogens is 1. The molecule has 78 valence electrons. The van der Waals surface area contributed by atoms with Gasteiger partial charge in [0.25, 0.3) is 5.82 Å². The summed E-state index contributed by atoms with van der Waals surface area (Å²) >= 11 is 0. The molecular weight excluding hydrogens is 194 g/mol. The average molecular weight is 205 g/mol. The third-order valence-corrected chi connectivity index (χ3v) is 1.73. The van der Waals surface area contributed by atoms with E-state index in [1.165, 1.54) is 5.82 Å². The highest BCUT2D eigenvalue weighted by molar-refractivity contribution is 5.59. The highest BCUT2D eigenvalue weighted by Crippen LogP contribution is 2.02. The predicted molar refractivity (Wildman–Crippen MR) is 52.9 cm³/mol. The number of imidazole rings is 1. The third kappa shape index (κ3) is 3.24. The summed E-state index contributed by atoms with van der Waals surface area (Å²) in [5.41, 5.74) is 0. The van der Waals surface area contributed by atoms with Crippen LogP contribution in [-0.2, 0) is 13.5 Å². The molecule has 7 nitrogen and oxygen atoms in total. The zero-order chi connectivity index (χ0) is 11.1. The molecule has 2 rings (SSSR count). The second kappa shape index (κ2) is 5.56. The van der Waals surface area contributed by atoms with Crippen LogP contribution in [0.5, 0.6) is 0 Å². The van der Waals surface area contributed by atoms with Gasteiger partial charge in [-0.25, -0.2) is 15.4 Å². The van der Waals surface area contributed by atoms with Gasteiger partial charge in [0.1, 0.15) is 12.4 Å². The van der Waals surface area contributed by atoms with Crippen LogP contribution >= 0.6 is 0 Å². The first-order chi connectivity index (χ1) is 7.27. The number of aromatic nitrogens is 2. The summed E-state index contributed by atoms with van der Waals surface area (Å²) in [5.74, 6) is 2.94. The Hall–Kier alpha value is -2.14. The van der Waals surface area contributed by atoms with Crippen molar-refractivity contribution in [2.45, 2.75) is 13.3 Å². The van der Waals surface area contributed by atoms with Gasteiger partial charge in [-0.3, -0.25) is 0 Å². The Morgan fingerprint density at radius 2 is 2.13 bits per heavy atom. The highest BCUT2D eigenvalue weighted by Gasteiger charge is 1.99. The lowest BCUT2D eigenvalue weighted by Crippen LogP contribution is -2.29. The first-order valence-electron chi connectivity index (χ1n) is 4.38. The van der Waals surface area contributed by atoms with E-state index in [0.29, 0.717) is 0 Å². The Morgan fingerprint density at radius 1 is 1.47 bits per heavy atom. The monoisotopic (exact) mass is 205 g/mol. The van der Waals surface area contributed by atoms with Crippen molar-refractivity contribution in [3.8, 4) is 0 Å². The van der Waals surface area contributed by atoms with E-state index < -0.39 is 0 Å². The minimum atomic E-state index is 0.0139. The molecule has 1 N–H and O–H groups in total. The molecule has 0 bridgehead atoms. The largest absolute Gasteiger partial charge is 0.760 e. The quantitative estimate of drug-likeness (QED) is 0.528. The smallest absolute Gasteiger partial charge is 0.253 e. The summed E-state index contributed by atoms with van der Waals surface area (Å²) in [6.45, 7) is 2.13. The molecule has 0 aromatic carbocycles. The fraction of sp³-hybridized carbons (Fsp3) is 0.375. The van der Waals surface area contributed by atoms with Gasteiger partial charge in [0.2, 0.25) is 5.82 Å². The fourth-order valence-electron chi connectivity index (χ4n) is 0.978. The Bertz CT molecular complexity index is 408. The average Bonchev–Trinajstić information content (AvgIpc) is 2.88. The predicted octanol–water partition coefficient (Wildman–Crippen LogP) is 1.30. The third-order valence-electron chi connectivity index (χ3n) is 1.73. The molecule has 0 saturated carbocycles. The summed E-state index contributed by atoms with van der Waals surface area (Å²) in [7, 11) is 2.04. The molecule has 0 amide bonds. The molecular formula is C8H11N7. The topological polar surface area (TPSA) is 91.4 Å². The maximum absolute atomic E-state index is 7.97. The van der Waals surface area contributed by atoms with Crippen LogP contribution in [0.3, 0.4) is 0 Å². The molecule has 0 atom stereocenters. The van der Waals surface area contributed by atoms with Gasteiger partial charge < -0.3 is 5.41 Å². The molecule has 2 heterocycles. The minimum absolute atomic E-state index is 0.0139. The zero-order valence-corrected chi connectivity index (χ0v) is 8.55. The van der Waals surface area contributed by atoms with Crippen LogP contribution in [-0.4, -0.2) is 10.9 Å². The van der Waals surface area contributed by atoms with Crippen molar-refractivity contribution in [2.24, 2.45) is 27.7 Å². The second-order valence-corrected chi connectivity index (χ2v) is 2.69. The molecule has 0 fully saturated rings. The molecule has 7 heteroatoms. The lowest BCUT2D eigenvalue weighted by molar-refractivity contribution is -0.677. The van der Waals surface area contributed by atoms with E-state index in [-0.39, 0.29) is 5.82 Å². The summed E-state index contributed by atoms with van der Waals surface area (Å²) in [6.07, 6.45) is 5.03. The van der Waals surface area contributed by atoms with Crippen LogP contribution in [0.25, 0.3) is 5.41 Å². The van der Waals surface area contributed by atoms with Gasteiger partial charge in [-0.05, 0) is 10.4 Å². The van der Waals surface area contributed by atoms with E-state index in [1.807, 2.05) is 19.4 Å². The van der Waals surface area contributed by atoms with Gasteiger partial charge in [0.15, 0.2) is 0 Å². The Kier molecular flexibility index (Phi) is 4.05. The standard InChI is InChI=1S/C6H10N2.C2N5/c1-3-6-7-4-5-8(6)2;3-1-2-4-6-7-5-2/h4-5H,3H2,1-2H3;/q;-1/p+1. The SMILES string of the molecule is CCc1[nH]cc[n+]1C.[N-]=C=C1N=NN=N1. The van der Waals surface area contributed by atoms with Crippen molar-refractivity contribution in [2.75, 3.05) is 0 Å². The van der Waals surface area contributed by atoms with Gasteiger partial charge >= 0.3 is 0 Å². The zero-order valence-electron chi connectivity index (χ0n) is 8.55. The number of hydrogen-bond acceptors (Lipinski definition) is 4. The van der Waals surface area contributed by atoms with Crippen molar-refractivity contribution in [3.05, 3.63) is 29.4 Å². The molecule has 0 saturated heterocycles. The van der Waals surface area contributed by atoms with Crippen molar-refractivity contribution in [1.29, 1.82) is 0 Å². The van der Waals surface area contributed by atoms with Crippen LogP contribution in [0, 0.1) is 0 Å². The molecule has 0 spiro atoms. The van der Waals surface area contributed by atoms with Crippen LogP contribution in [0.1, 0.15) is 12.7 Å². The van der Waals surface area contributed by atoms with Crippen LogP contribution in [0.4, 0.5) is 0 Å². The lowest BCUT2D eigenvalue weighted by Gasteiger charge is -1.83. The minimum Gasteiger partial charge on any atom is -0.760 e. The van der Waals surface area contributed by atoms with Gasteiger partial charge in [0, 0.05) is 6.42 Å². The van der Waals surface area contributed by atoms with Crippen molar-refractivity contribution < 1.29 is 4.57 Å². The molecule has 0 aliphatic carbocycles. The van der Waals surface area contributed by atoms with E-state index in [1.54, 1.807) is 5.87 Å². The fourth-order valence-corrected chi connectivity index (χ4v) is 0.978. The number of aryl methyl sites for hydroxylation is 2. The Morgan fingerprint density at radius 3 is 2.40 bits per heavy atom. The normalized spacial score (nSPS) is 12.3. The number of aromatic amines is 1. The number of rotatable bonds is 1. The number of hydrogen-bond donors (Lipinski definition) is 1. The molecule has 1 aliphatic rings. The van der Waals surface area contributed by atoms with E-state index in [0.717, 1.165) is 6.42 Å². The summed E-state index contributed by atoms with van der Waals surface area (Å²) in [4.78, 5) is 3.12. The van der Waals surface area contributed by atoms with Gasteiger partial charge in [0.05, 0.1) is 7.05 Å². The van der Waals surface area contributed by atoms with Crippen LogP contribution < -0.4 is 4.57 Å². The molecule has 0 radical (unpaired) electrons. The maximum atomic E-state index is 7.97. The van der Waals surface area contributed by atoms with Crippen molar-refractivity contribution >= 4 is 5.87 Å². The number of nitrogens with one attached hydrogen (secondary N) is 1. The summed E-state index contributed by atoms with van der Waals surface area (Å²) < 4.78 is 2.08. The molecule has 1 aliphatic heterocycles. The first kappa shape index (κ1) is 10.9. The number of nitrogens with zero attached hydrogens (tertiary/aromatic N) is 6. The molecule has 15 heavy (non-hydrogen) atoms. The first-order valence-corrected chi connectivity index (χ1v) is 4.38. The van der Waals surface area contributed by atoms with Gasteiger partial charge in [-0.2, -0.15) is 0 Å². The highest BCUT2D eigenvalue weighted by atomic mass is 15.5. The van der Waals surface area contributed by atoms with Crippen molar-refractivity contribution in [1.82, 2.24) is 4.98 Å². The summed E-state index contributed by atoms with van der Waals surface area (Å²) in [6, 6.07) is 0. The van der Waals surface area contributed by atoms with E-state index >= 15 is 0 Å².